The standard InChI is InChI=1S/C22H25F3O/c1-3-15-6-7-17(12-20(15)23)16-8-10-19(11-9-16)26-13-18-5-4-14(2)21(24)22(18)25/h4-7,12,16,19H,3,8-11,13H2,1-2H3. The number of benzene rings is 2. The van der Waals surface area contributed by atoms with E-state index in [9.17, 15) is 13.2 Å². The molecule has 1 saturated carbocycles. The van der Waals surface area contributed by atoms with E-state index in [1.165, 1.54) is 0 Å². The third-order valence-corrected chi connectivity index (χ3v) is 5.43. The highest BCUT2D eigenvalue weighted by atomic mass is 19.2. The predicted octanol–water partition coefficient (Wildman–Crippen LogP) is 6.22. The number of halogens is 3. The summed E-state index contributed by atoms with van der Waals surface area (Å²) >= 11 is 0. The Labute approximate surface area is 153 Å². The van der Waals surface area contributed by atoms with Gasteiger partial charge in [-0.25, -0.2) is 13.2 Å². The van der Waals surface area contributed by atoms with Crippen LogP contribution in [0.5, 0.6) is 0 Å². The maximum absolute atomic E-state index is 14.0. The zero-order chi connectivity index (χ0) is 18.7. The van der Waals surface area contributed by atoms with Gasteiger partial charge >= 0.3 is 0 Å². The first-order chi connectivity index (χ1) is 12.5. The SMILES string of the molecule is CCc1ccc(C2CCC(OCc3ccc(C)c(F)c3F)CC2)cc1F. The third-order valence-electron chi connectivity index (χ3n) is 5.43. The number of rotatable bonds is 5. The molecule has 1 fully saturated rings. The van der Waals surface area contributed by atoms with E-state index >= 15 is 0 Å². The van der Waals surface area contributed by atoms with Gasteiger partial charge in [-0.3, -0.25) is 0 Å². The minimum absolute atomic E-state index is 0.0368. The van der Waals surface area contributed by atoms with E-state index in [0.717, 1.165) is 36.8 Å². The van der Waals surface area contributed by atoms with Crippen LogP contribution >= 0.6 is 0 Å². The molecule has 1 nitrogen and oxygen atoms in total. The van der Waals surface area contributed by atoms with Crippen LogP contribution in [0.2, 0.25) is 0 Å². The maximum Gasteiger partial charge on any atom is 0.164 e. The van der Waals surface area contributed by atoms with Gasteiger partial charge in [-0.05, 0) is 67.7 Å². The maximum atomic E-state index is 14.0. The lowest BCUT2D eigenvalue weighted by Gasteiger charge is -2.29. The average Bonchev–Trinajstić information content (AvgIpc) is 2.66. The van der Waals surface area contributed by atoms with Crippen molar-refractivity contribution in [1.82, 2.24) is 0 Å². The van der Waals surface area contributed by atoms with Gasteiger partial charge in [0.05, 0.1) is 12.7 Å². The van der Waals surface area contributed by atoms with Crippen LogP contribution in [-0.2, 0) is 17.8 Å². The summed E-state index contributed by atoms with van der Waals surface area (Å²) in [7, 11) is 0. The Morgan fingerprint density at radius 3 is 2.27 bits per heavy atom. The van der Waals surface area contributed by atoms with E-state index < -0.39 is 11.6 Å². The minimum atomic E-state index is -0.815. The van der Waals surface area contributed by atoms with Gasteiger partial charge in [-0.2, -0.15) is 0 Å². The molecule has 1 aliphatic carbocycles. The van der Waals surface area contributed by atoms with Crippen LogP contribution in [0.3, 0.4) is 0 Å². The fraction of sp³-hybridized carbons (Fsp3) is 0.455. The zero-order valence-electron chi connectivity index (χ0n) is 15.3. The van der Waals surface area contributed by atoms with Crippen LogP contribution in [-0.4, -0.2) is 6.10 Å². The first kappa shape index (κ1) is 19.0. The lowest BCUT2D eigenvalue weighted by Crippen LogP contribution is -2.21. The van der Waals surface area contributed by atoms with Crippen molar-refractivity contribution in [3.05, 3.63) is 70.0 Å². The van der Waals surface area contributed by atoms with E-state index in [0.29, 0.717) is 17.9 Å². The van der Waals surface area contributed by atoms with E-state index in [4.69, 9.17) is 4.74 Å². The molecule has 0 N–H and O–H groups in total. The van der Waals surface area contributed by atoms with Crippen molar-refractivity contribution >= 4 is 0 Å². The van der Waals surface area contributed by atoms with Gasteiger partial charge in [0.25, 0.3) is 0 Å². The van der Waals surface area contributed by atoms with Gasteiger partial charge in [0.15, 0.2) is 11.6 Å². The van der Waals surface area contributed by atoms with Gasteiger partial charge in [-0.1, -0.05) is 31.2 Å². The molecule has 1 aliphatic rings. The molecular weight excluding hydrogens is 337 g/mol. The monoisotopic (exact) mass is 362 g/mol. The Bertz CT molecular complexity index is 764. The van der Waals surface area contributed by atoms with Crippen LogP contribution in [0.25, 0.3) is 0 Å². The van der Waals surface area contributed by atoms with Crippen molar-refractivity contribution in [1.29, 1.82) is 0 Å². The van der Waals surface area contributed by atoms with Gasteiger partial charge in [0.1, 0.15) is 5.82 Å². The van der Waals surface area contributed by atoms with Crippen molar-refractivity contribution in [3.63, 3.8) is 0 Å². The fourth-order valence-electron chi connectivity index (χ4n) is 3.67. The van der Waals surface area contributed by atoms with E-state index in [-0.39, 0.29) is 24.1 Å². The van der Waals surface area contributed by atoms with Crippen LogP contribution in [0, 0.1) is 24.4 Å². The summed E-state index contributed by atoms with van der Waals surface area (Å²) in [6.45, 7) is 3.57. The summed E-state index contributed by atoms with van der Waals surface area (Å²) in [6.07, 6.45) is 4.26. The molecule has 3 rings (SSSR count). The molecule has 4 heteroatoms. The second-order valence-electron chi connectivity index (χ2n) is 7.16. The summed E-state index contributed by atoms with van der Waals surface area (Å²) in [6, 6.07) is 8.72. The molecule has 0 amide bonds. The molecule has 0 aliphatic heterocycles. The summed E-state index contributed by atoms with van der Waals surface area (Å²) < 4.78 is 47.3. The predicted molar refractivity (Wildman–Crippen MR) is 96.7 cm³/mol. The van der Waals surface area contributed by atoms with Crippen LogP contribution in [0.1, 0.15) is 60.8 Å². The quantitative estimate of drug-likeness (QED) is 0.614. The Morgan fingerprint density at radius 2 is 1.62 bits per heavy atom. The smallest absolute Gasteiger partial charge is 0.164 e. The summed E-state index contributed by atoms with van der Waals surface area (Å²) in [5.41, 5.74) is 2.35. The lowest BCUT2D eigenvalue weighted by molar-refractivity contribution is 0.0118. The minimum Gasteiger partial charge on any atom is -0.373 e. The molecule has 0 atom stereocenters. The first-order valence-electron chi connectivity index (χ1n) is 9.33. The molecule has 140 valence electrons. The average molecular weight is 362 g/mol. The second kappa shape index (κ2) is 8.26. The molecule has 0 spiro atoms. The molecule has 0 unspecified atom stereocenters. The fourth-order valence-corrected chi connectivity index (χ4v) is 3.67. The van der Waals surface area contributed by atoms with Crippen molar-refractivity contribution in [2.24, 2.45) is 0 Å². The molecule has 0 saturated heterocycles. The highest BCUT2D eigenvalue weighted by Gasteiger charge is 2.24. The topological polar surface area (TPSA) is 9.23 Å². The number of ether oxygens (including phenoxy) is 1. The highest BCUT2D eigenvalue weighted by molar-refractivity contribution is 5.27. The van der Waals surface area contributed by atoms with Crippen LogP contribution in [0.4, 0.5) is 13.2 Å². The number of hydrogen-bond acceptors (Lipinski definition) is 1. The largest absolute Gasteiger partial charge is 0.373 e. The summed E-state index contributed by atoms with van der Waals surface area (Å²) in [5, 5.41) is 0. The molecule has 0 aromatic heterocycles. The van der Waals surface area contributed by atoms with Crippen molar-refractivity contribution < 1.29 is 17.9 Å². The summed E-state index contributed by atoms with van der Waals surface area (Å²) in [5.74, 6) is -1.40. The molecule has 2 aromatic rings. The van der Waals surface area contributed by atoms with Crippen molar-refractivity contribution in [2.75, 3.05) is 0 Å². The zero-order valence-corrected chi connectivity index (χ0v) is 15.3. The molecule has 0 heterocycles. The van der Waals surface area contributed by atoms with E-state index in [2.05, 4.69) is 0 Å². The number of hydrogen-bond donors (Lipinski definition) is 0. The molecule has 26 heavy (non-hydrogen) atoms. The van der Waals surface area contributed by atoms with Crippen LogP contribution < -0.4 is 0 Å². The van der Waals surface area contributed by atoms with Crippen molar-refractivity contribution in [3.8, 4) is 0 Å². The van der Waals surface area contributed by atoms with Crippen LogP contribution in [0.15, 0.2) is 30.3 Å². The van der Waals surface area contributed by atoms with Gasteiger partial charge in [0, 0.05) is 5.56 Å². The van der Waals surface area contributed by atoms with Gasteiger partial charge in [-0.15, -0.1) is 0 Å². The Morgan fingerprint density at radius 1 is 0.923 bits per heavy atom. The van der Waals surface area contributed by atoms with Gasteiger partial charge in [0.2, 0.25) is 0 Å². The normalized spacial score (nSPS) is 20.3. The molecule has 0 radical (unpaired) electrons. The summed E-state index contributed by atoms with van der Waals surface area (Å²) in [4.78, 5) is 0. The van der Waals surface area contributed by atoms with E-state index in [1.54, 1.807) is 25.1 Å². The van der Waals surface area contributed by atoms with E-state index in [1.807, 2.05) is 19.1 Å². The lowest BCUT2D eigenvalue weighted by atomic mass is 9.82. The second-order valence-corrected chi connectivity index (χ2v) is 7.16. The van der Waals surface area contributed by atoms with Gasteiger partial charge < -0.3 is 4.74 Å². The first-order valence-corrected chi connectivity index (χ1v) is 9.33. The molecular formula is C22H25F3O. The Hall–Kier alpha value is -1.81. The Balaban J connectivity index is 1.54. The Kier molecular flexibility index (Phi) is 6.02. The third kappa shape index (κ3) is 4.12. The van der Waals surface area contributed by atoms with Crippen molar-refractivity contribution in [2.45, 2.75) is 64.6 Å². The highest BCUT2D eigenvalue weighted by Crippen LogP contribution is 2.35. The molecule has 2 aromatic carbocycles. The molecule has 0 bridgehead atoms. The number of aryl methyl sites for hydroxylation is 2.